The van der Waals surface area contributed by atoms with Gasteiger partial charge in [0.1, 0.15) is 0 Å². The van der Waals surface area contributed by atoms with Crippen molar-refractivity contribution in [2.24, 2.45) is 28.4 Å². The summed E-state index contributed by atoms with van der Waals surface area (Å²) in [5.74, 6) is 0.900. The van der Waals surface area contributed by atoms with Crippen LogP contribution in [0.3, 0.4) is 0 Å². The molecule has 0 bridgehead atoms. The fraction of sp³-hybridized carbons (Fsp3) is 1.00. The van der Waals surface area contributed by atoms with Gasteiger partial charge in [0.25, 0.3) is 0 Å². The van der Waals surface area contributed by atoms with Crippen LogP contribution in [-0.4, -0.2) is 31.5 Å². The van der Waals surface area contributed by atoms with E-state index < -0.39 is 0 Å². The summed E-state index contributed by atoms with van der Waals surface area (Å²) < 4.78 is 5.18. The molecule has 0 aromatic heterocycles. The zero-order valence-corrected chi connectivity index (χ0v) is 13.4. The van der Waals surface area contributed by atoms with Crippen LogP contribution in [0.5, 0.6) is 0 Å². The molecule has 1 fully saturated rings. The highest BCUT2D eigenvalue weighted by Crippen LogP contribution is 2.47. The predicted molar refractivity (Wildman–Crippen MR) is 79.9 cm³/mol. The lowest BCUT2D eigenvalue weighted by Gasteiger charge is -2.47. The molecule has 1 saturated carbocycles. The SMILES string of the molecule is COCC(C)C(O)C1(CN)CCC(C(C)(C)C)CC1. The van der Waals surface area contributed by atoms with Crippen molar-refractivity contribution < 1.29 is 9.84 Å². The molecule has 3 nitrogen and oxygen atoms in total. The van der Waals surface area contributed by atoms with Gasteiger partial charge >= 0.3 is 0 Å². The smallest absolute Gasteiger partial charge is 0.0655 e. The zero-order valence-electron chi connectivity index (χ0n) is 13.4. The van der Waals surface area contributed by atoms with Crippen LogP contribution in [0, 0.1) is 22.7 Å². The molecule has 1 aliphatic carbocycles. The van der Waals surface area contributed by atoms with Crippen LogP contribution in [0.2, 0.25) is 0 Å². The molecule has 3 heteroatoms. The van der Waals surface area contributed by atoms with Crippen molar-refractivity contribution in [3.63, 3.8) is 0 Å². The molecule has 0 amide bonds. The van der Waals surface area contributed by atoms with Gasteiger partial charge < -0.3 is 15.6 Å². The van der Waals surface area contributed by atoms with Crippen LogP contribution in [0.25, 0.3) is 0 Å². The minimum atomic E-state index is -0.349. The Morgan fingerprint density at radius 3 is 2.21 bits per heavy atom. The summed E-state index contributed by atoms with van der Waals surface area (Å²) >= 11 is 0. The molecule has 0 heterocycles. The van der Waals surface area contributed by atoms with Crippen molar-refractivity contribution in [3.8, 4) is 0 Å². The molecule has 19 heavy (non-hydrogen) atoms. The van der Waals surface area contributed by atoms with E-state index in [9.17, 15) is 5.11 Å². The summed E-state index contributed by atoms with van der Waals surface area (Å²) in [6.07, 6.45) is 4.09. The van der Waals surface area contributed by atoms with Crippen molar-refractivity contribution in [3.05, 3.63) is 0 Å². The van der Waals surface area contributed by atoms with Gasteiger partial charge in [-0.25, -0.2) is 0 Å². The fourth-order valence-corrected chi connectivity index (χ4v) is 3.64. The van der Waals surface area contributed by atoms with Crippen molar-refractivity contribution in [1.29, 1.82) is 0 Å². The monoisotopic (exact) mass is 271 g/mol. The van der Waals surface area contributed by atoms with Crippen LogP contribution in [0.4, 0.5) is 0 Å². The maximum atomic E-state index is 10.7. The van der Waals surface area contributed by atoms with E-state index in [1.165, 1.54) is 12.8 Å². The van der Waals surface area contributed by atoms with Gasteiger partial charge in [-0.2, -0.15) is 0 Å². The third-order valence-electron chi connectivity index (χ3n) is 5.21. The number of hydrogen-bond acceptors (Lipinski definition) is 3. The van der Waals surface area contributed by atoms with E-state index in [1.807, 2.05) is 0 Å². The van der Waals surface area contributed by atoms with Gasteiger partial charge in [0.05, 0.1) is 12.7 Å². The van der Waals surface area contributed by atoms with Crippen LogP contribution in [-0.2, 0) is 4.74 Å². The first-order chi connectivity index (χ1) is 8.77. The Morgan fingerprint density at radius 1 is 1.32 bits per heavy atom. The van der Waals surface area contributed by atoms with Crippen molar-refractivity contribution >= 4 is 0 Å². The molecule has 0 aromatic rings. The number of aliphatic hydroxyl groups excluding tert-OH is 1. The molecular weight excluding hydrogens is 238 g/mol. The van der Waals surface area contributed by atoms with Gasteiger partial charge in [0.15, 0.2) is 0 Å². The molecule has 114 valence electrons. The Morgan fingerprint density at radius 2 is 1.84 bits per heavy atom. The second kappa shape index (κ2) is 6.55. The van der Waals surface area contributed by atoms with E-state index in [4.69, 9.17) is 10.5 Å². The third-order valence-corrected chi connectivity index (χ3v) is 5.21. The summed E-state index contributed by atoms with van der Waals surface area (Å²) in [6.45, 7) is 10.2. The number of rotatable bonds is 5. The molecule has 3 N–H and O–H groups in total. The second-order valence-corrected chi connectivity index (χ2v) is 7.58. The lowest BCUT2D eigenvalue weighted by atomic mass is 9.61. The normalized spacial score (nSPS) is 32.1. The topological polar surface area (TPSA) is 55.5 Å². The van der Waals surface area contributed by atoms with E-state index in [1.54, 1.807) is 7.11 Å². The van der Waals surface area contributed by atoms with Crippen LogP contribution in [0.15, 0.2) is 0 Å². The average Bonchev–Trinajstić information content (AvgIpc) is 2.37. The first kappa shape index (κ1) is 16.9. The van der Waals surface area contributed by atoms with Crippen molar-refractivity contribution in [2.45, 2.75) is 59.5 Å². The van der Waals surface area contributed by atoms with Crippen molar-refractivity contribution in [1.82, 2.24) is 0 Å². The molecule has 0 aliphatic heterocycles. The Balaban J connectivity index is 2.69. The number of hydrogen-bond donors (Lipinski definition) is 2. The highest BCUT2D eigenvalue weighted by atomic mass is 16.5. The molecule has 2 unspecified atom stereocenters. The Hall–Kier alpha value is -0.120. The van der Waals surface area contributed by atoms with E-state index in [-0.39, 0.29) is 17.4 Å². The van der Waals surface area contributed by atoms with Gasteiger partial charge in [-0.1, -0.05) is 27.7 Å². The predicted octanol–water partition coefficient (Wildman–Crippen LogP) is 2.81. The number of nitrogens with two attached hydrogens (primary N) is 1. The van der Waals surface area contributed by atoms with Gasteiger partial charge in [-0.05, 0) is 37.0 Å². The molecule has 0 spiro atoms. The largest absolute Gasteiger partial charge is 0.392 e. The summed E-state index contributed by atoms with van der Waals surface area (Å²) in [5, 5.41) is 10.7. The maximum Gasteiger partial charge on any atom is 0.0655 e. The molecule has 2 atom stereocenters. The number of methoxy groups -OCH3 is 1. The van der Waals surface area contributed by atoms with E-state index >= 15 is 0 Å². The summed E-state index contributed by atoms with van der Waals surface area (Å²) in [4.78, 5) is 0. The standard InChI is InChI=1S/C16H33NO2/c1-12(10-19-5)14(18)16(11-17)8-6-13(7-9-16)15(2,3)4/h12-14,18H,6-11,17H2,1-5H3. The van der Waals surface area contributed by atoms with Crippen LogP contribution < -0.4 is 5.73 Å². The average molecular weight is 271 g/mol. The van der Waals surface area contributed by atoms with Gasteiger partial charge in [0.2, 0.25) is 0 Å². The highest BCUT2D eigenvalue weighted by molar-refractivity contribution is 4.95. The fourth-order valence-electron chi connectivity index (χ4n) is 3.64. The van der Waals surface area contributed by atoms with Crippen LogP contribution >= 0.6 is 0 Å². The molecule has 0 saturated heterocycles. The minimum absolute atomic E-state index is 0.0975. The van der Waals surface area contributed by atoms with Gasteiger partial charge in [-0.3, -0.25) is 0 Å². The second-order valence-electron chi connectivity index (χ2n) is 7.58. The minimum Gasteiger partial charge on any atom is -0.392 e. The molecule has 1 aliphatic rings. The summed E-state index contributed by atoms with van der Waals surface area (Å²) in [7, 11) is 1.69. The van der Waals surface area contributed by atoms with Crippen LogP contribution in [0.1, 0.15) is 53.4 Å². The Labute approximate surface area is 118 Å². The molecule has 0 aromatic carbocycles. The quantitative estimate of drug-likeness (QED) is 0.808. The lowest BCUT2D eigenvalue weighted by molar-refractivity contribution is -0.0644. The Bertz CT molecular complexity index is 264. The van der Waals surface area contributed by atoms with Crippen molar-refractivity contribution in [2.75, 3.05) is 20.3 Å². The van der Waals surface area contributed by atoms with E-state index in [2.05, 4.69) is 27.7 Å². The summed E-state index contributed by atoms with van der Waals surface area (Å²) in [5.41, 5.74) is 6.29. The third kappa shape index (κ3) is 3.93. The zero-order chi connectivity index (χ0) is 14.7. The molecule has 0 radical (unpaired) electrons. The first-order valence-electron chi connectivity index (χ1n) is 7.64. The van der Waals surface area contributed by atoms with E-state index in [0.29, 0.717) is 18.6 Å². The summed E-state index contributed by atoms with van der Waals surface area (Å²) in [6, 6.07) is 0. The number of ether oxygens (including phenoxy) is 1. The van der Waals surface area contributed by atoms with Gasteiger partial charge in [0, 0.05) is 25.0 Å². The van der Waals surface area contributed by atoms with E-state index in [0.717, 1.165) is 18.8 Å². The first-order valence-corrected chi connectivity index (χ1v) is 7.64. The Kier molecular flexibility index (Phi) is 5.84. The maximum absolute atomic E-state index is 10.7. The highest BCUT2D eigenvalue weighted by Gasteiger charge is 2.44. The molecule has 1 rings (SSSR count). The lowest BCUT2D eigenvalue weighted by Crippen LogP contribution is -2.49. The van der Waals surface area contributed by atoms with Gasteiger partial charge in [-0.15, -0.1) is 0 Å². The number of aliphatic hydroxyl groups is 1. The molecular formula is C16H33NO2.